The quantitative estimate of drug-likeness (QED) is 0.724. The van der Waals surface area contributed by atoms with Crippen LogP contribution >= 0.6 is 0 Å². The lowest BCUT2D eigenvalue weighted by Gasteiger charge is -2.26. The molecule has 0 amide bonds. The number of hydrogen-bond donors (Lipinski definition) is 2. The van der Waals surface area contributed by atoms with Gasteiger partial charge in [0.25, 0.3) is 0 Å². The molecule has 0 aromatic rings. The van der Waals surface area contributed by atoms with Crippen molar-refractivity contribution in [2.24, 2.45) is 0 Å². The van der Waals surface area contributed by atoms with Gasteiger partial charge in [0.05, 0.1) is 12.7 Å². The van der Waals surface area contributed by atoms with Gasteiger partial charge in [-0.1, -0.05) is 19.3 Å². The monoisotopic (exact) mass is 215 g/mol. The minimum atomic E-state index is -0.725. The second-order valence-electron chi connectivity index (χ2n) is 4.34. The highest BCUT2D eigenvalue weighted by Gasteiger charge is 2.38. The Morgan fingerprint density at radius 3 is 2.60 bits per heavy atom. The maximum absolute atomic E-state index is 9.74. The van der Waals surface area contributed by atoms with Crippen LogP contribution < -0.4 is 0 Å². The Hall–Kier alpha value is -0.160. The van der Waals surface area contributed by atoms with Gasteiger partial charge in [-0.2, -0.15) is 0 Å². The number of aliphatic hydroxyl groups excluding tert-OH is 2. The second-order valence-corrected chi connectivity index (χ2v) is 4.34. The molecule has 0 spiro atoms. The lowest BCUT2D eigenvalue weighted by Crippen LogP contribution is -2.36. The van der Waals surface area contributed by atoms with Crippen LogP contribution in [0.2, 0.25) is 0 Å². The Labute approximate surface area is 90.2 Å². The molecule has 1 radical (unpaired) electrons. The summed E-state index contributed by atoms with van der Waals surface area (Å²) in [5, 5.41) is 18.6. The third-order valence-electron chi connectivity index (χ3n) is 3.19. The van der Waals surface area contributed by atoms with Crippen LogP contribution in [0.5, 0.6) is 0 Å². The zero-order valence-corrected chi connectivity index (χ0v) is 8.84. The number of ether oxygens (including phenoxy) is 2. The van der Waals surface area contributed by atoms with E-state index in [4.69, 9.17) is 14.6 Å². The molecule has 4 nitrogen and oxygen atoms in total. The van der Waals surface area contributed by atoms with Crippen LogP contribution in [0.1, 0.15) is 32.1 Å². The van der Waals surface area contributed by atoms with Gasteiger partial charge in [0.15, 0.2) is 0 Å². The fourth-order valence-corrected chi connectivity index (χ4v) is 2.24. The van der Waals surface area contributed by atoms with Gasteiger partial charge < -0.3 is 19.7 Å². The van der Waals surface area contributed by atoms with Gasteiger partial charge in [0, 0.05) is 0 Å². The fourth-order valence-electron chi connectivity index (χ4n) is 2.24. The first-order chi connectivity index (χ1) is 7.31. The van der Waals surface area contributed by atoms with Crippen molar-refractivity contribution in [2.75, 3.05) is 6.61 Å². The fraction of sp³-hybridized carbons (Fsp3) is 0.909. The number of hydrogen-bond acceptors (Lipinski definition) is 4. The summed E-state index contributed by atoms with van der Waals surface area (Å²) in [6.45, 7) is 1.35. The SMILES string of the molecule is OC[C@H]1O[CH][C@H](OC2CCCCC2)[C@H]1O. The van der Waals surface area contributed by atoms with Gasteiger partial charge in [-0.25, -0.2) is 0 Å². The third kappa shape index (κ3) is 2.69. The third-order valence-corrected chi connectivity index (χ3v) is 3.19. The van der Waals surface area contributed by atoms with Gasteiger partial charge >= 0.3 is 0 Å². The van der Waals surface area contributed by atoms with Gasteiger partial charge in [-0.05, 0) is 12.8 Å². The van der Waals surface area contributed by atoms with Crippen LogP contribution in [0.15, 0.2) is 0 Å². The minimum Gasteiger partial charge on any atom is -0.394 e. The molecule has 0 aromatic heterocycles. The minimum absolute atomic E-state index is 0.164. The summed E-state index contributed by atoms with van der Waals surface area (Å²) < 4.78 is 10.9. The van der Waals surface area contributed by atoms with Gasteiger partial charge in [0.2, 0.25) is 0 Å². The summed E-state index contributed by atoms with van der Waals surface area (Å²) in [6.07, 6.45) is 4.47. The average molecular weight is 215 g/mol. The molecule has 0 bridgehead atoms. The maximum Gasteiger partial charge on any atom is 0.116 e. The summed E-state index contributed by atoms with van der Waals surface area (Å²) in [5.74, 6) is 0. The molecule has 4 heteroatoms. The van der Waals surface area contributed by atoms with E-state index in [1.54, 1.807) is 0 Å². The predicted molar refractivity (Wildman–Crippen MR) is 54.0 cm³/mol. The van der Waals surface area contributed by atoms with E-state index >= 15 is 0 Å². The van der Waals surface area contributed by atoms with Crippen molar-refractivity contribution < 1.29 is 19.7 Å². The first kappa shape index (κ1) is 11.3. The second kappa shape index (κ2) is 5.25. The zero-order chi connectivity index (χ0) is 10.7. The summed E-state index contributed by atoms with van der Waals surface area (Å²) >= 11 is 0. The van der Waals surface area contributed by atoms with E-state index in [0.29, 0.717) is 0 Å². The molecule has 1 saturated heterocycles. The number of aliphatic hydroxyl groups is 2. The molecule has 1 saturated carbocycles. The largest absolute Gasteiger partial charge is 0.394 e. The van der Waals surface area contributed by atoms with Crippen molar-refractivity contribution in [1.82, 2.24) is 0 Å². The van der Waals surface area contributed by atoms with Crippen molar-refractivity contribution in [3.05, 3.63) is 6.61 Å². The van der Waals surface area contributed by atoms with Gasteiger partial charge in [-0.15, -0.1) is 0 Å². The molecule has 1 heterocycles. The van der Waals surface area contributed by atoms with Crippen LogP contribution in [0.4, 0.5) is 0 Å². The molecule has 2 aliphatic rings. The summed E-state index contributed by atoms with van der Waals surface area (Å²) in [7, 11) is 0. The van der Waals surface area contributed by atoms with Crippen molar-refractivity contribution in [2.45, 2.75) is 56.5 Å². The van der Waals surface area contributed by atoms with Crippen molar-refractivity contribution in [1.29, 1.82) is 0 Å². The van der Waals surface area contributed by atoms with Crippen LogP contribution in [0, 0.1) is 6.61 Å². The molecule has 0 unspecified atom stereocenters. The van der Waals surface area contributed by atoms with Crippen LogP contribution in [0.3, 0.4) is 0 Å². The van der Waals surface area contributed by atoms with Gasteiger partial charge in [0.1, 0.15) is 24.9 Å². The van der Waals surface area contributed by atoms with Gasteiger partial charge in [-0.3, -0.25) is 0 Å². The Morgan fingerprint density at radius 2 is 2.00 bits per heavy atom. The normalized spacial score (nSPS) is 38.4. The van der Waals surface area contributed by atoms with E-state index in [9.17, 15) is 5.11 Å². The molecule has 87 valence electrons. The summed E-state index contributed by atoms with van der Waals surface area (Å²) in [6, 6.07) is 0. The Bertz CT molecular complexity index is 191. The standard InChI is InChI=1S/C11H19O4/c12-6-9-11(13)10(7-14-9)15-8-4-2-1-3-5-8/h7-13H,1-6H2/t9-,10+,11+/m1/s1. The topological polar surface area (TPSA) is 58.9 Å². The lowest BCUT2D eigenvalue weighted by atomic mass is 9.97. The molecule has 3 atom stereocenters. The Morgan fingerprint density at radius 1 is 1.27 bits per heavy atom. The predicted octanol–water partition coefficient (Wildman–Crippen LogP) is 0.618. The van der Waals surface area contributed by atoms with Crippen molar-refractivity contribution in [3.8, 4) is 0 Å². The van der Waals surface area contributed by atoms with Crippen LogP contribution in [-0.4, -0.2) is 41.2 Å². The van der Waals surface area contributed by atoms with E-state index in [1.165, 1.54) is 25.9 Å². The van der Waals surface area contributed by atoms with Crippen LogP contribution in [-0.2, 0) is 9.47 Å². The molecule has 2 N–H and O–H groups in total. The highest BCUT2D eigenvalue weighted by Crippen LogP contribution is 2.27. The molecular formula is C11H19O4. The Kier molecular flexibility index (Phi) is 3.97. The average Bonchev–Trinajstić information content (AvgIpc) is 2.62. The molecule has 2 fully saturated rings. The van der Waals surface area contributed by atoms with E-state index in [-0.39, 0.29) is 18.8 Å². The van der Waals surface area contributed by atoms with Crippen LogP contribution in [0.25, 0.3) is 0 Å². The lowest BCUT2D eigenvalue weighted by molar-refractivity contribution is -0.0681. The molecule has 1 aliphatic heterocycles. The van der Waals surface area contributed by atoms with E-state index in [2.05, 4.69) is 0 Å². The first-order valence-electron chi connectivity index (χ1n) is 5.74. The first-order valence-corrected chi connectivity index (χ1v) is 5.74. The highest BCUT2D eigenvalue weighted by atomic mass is 16.6. The highest BCUT2D eigenvalue weighted by molar-refractivity contribution is 4.91. The summed E-state index contributed by atoms with van der Waals surface area (Å²) in [4.78, 5) is 0. The molecule has 2 rings (SSSR count). The summed E-state index contributed by atoms with van der Waals surface area (Å²) in [5.41, 5.74) is 0. The molecule has 0 aromatic carbocycles. The van der Waals surface area contributed by atoms with E-state index < -0.39 is 12.2 Å². The molecular weight excluding hydrogens is 196 g/mol. The molecule has 15 heavy (non-hydrogen) atoms. The number of rotatable bonds is 3. The van der Waals surface area contributed by atoms with E-state index in [1.807, 2.05) is 0 Å². The smallest absolute Gasteiger partial charge is 0.116 e. The zero-order valence-electron chi connectivity index (χ0n) is 8.84. The molecule has 1 aliphatic carbocycles. The van der Waals surface area contributed by atoms with E-state index in [0.717, 1.165) is 12.8 Å². The maximum atomic E-state index is 9.74. The Balaban J connectivity index is 1.79. The van der Waals surface area contributed by atoms with Crippen molar-refractivity contribution >= 4 is 0 Å². The van der Waals surface area contributed by atoms with Crippen molar-refractivity contribution in [3.63, 3.8) is 0 Å².